The molecule has 44 heavy (non-hydrogen) atoms. The van der Waals surface area contributed by atoms with E-state index >= 15 is 0 Å². The molecule has 1 saturated heterocycles. The summed E-state index contributed by atoms with van der Waals surface area (Å²) in [6.45, 7) is 4.41. The molecule has 1 atom stereocenters. The van der Waals surface area contributed by atoms with Crippen molar-refractivity contribution >= 4 is 17.4 Å². The molecule has 1 amide bonds. The summed E-state index contributed by atoms with van der Waals surface area (Å²) in [4.78, 5) is 28.8. The molecule has 7 heteroatoms. The van der Waals surface area contributed by atoms with Crippen molar-refractivity contribution in [3.05, 3.63) is 125 Å². The second-order valence-corrected chi connectivity index (χ2v) is 11.4. The molecule has 1 aliphatic heterocycles. The Balaban J connectivity index is 1.23. The van der Waals surface area contributed by atoms with Gasteiger partial charge in [-0.1, -0.05) is 85.8 Å². The van der Waals surface area contributed by atoms with Gasteiger partial charge in [0.2, 0.25) is 5.91 Å². The lowest BCUT2D eigenvalue weighted by Crippen LogP contribution is -2.40. The third kappa shape index (κ3) is 7.39. The summed E-state index contributed by atoms with van der Waals surface area (Å²) in [6, 6.07) is 30.0. The van der Waals surface area contributed by atoms with Gasteiger partial charge in [0.05, 0.1) is 11.5 Å². The highest BCUT2D eigenvalue weighted by Gasteiger charge is 2.33. The number of alkyl halides is 3. The monoisotopic (exact) mass is 598 g/mol. The fourth-order valence-corrected chi connectivity index (χ4v) is 6.07. The maximum atomic E-state index is 13.3. The molecule has 0 radical (unpaired) electrons. The normalized spacial score (nSPS) is 14.7. The predicted octanol–water partition coefficient (Wildman–Crippen LogP) is 8.32. The van der Waals surface area contributed by atoms with Gasteiger partial charge in [0, 0.05) is 37.3 Å². The van der Waals surface area contributed by atoms with Gasteiger partial charge in [-0.15, -0.1) is 0 Å². The minimum absolute atomic E-state index is 0.0950. The summed E-state index contributed by atoms with van der Waals surface area (Å²) in [6.07, 6.45) is -1.52. The van der Waals surface area contributed by atoms with E-state index in [2.05, 4.69) is 17.1 Å². The lowest BCUT2D eigenvalue weighted by Gasteiger charge is -2.37. The minimum atomic E-state index is -4.41. The van der Waals surface area contributed by atoms with Crippen LogP contribution in [0.4, 0.5) is 18.9 Å². The Kier molecular flexibility index (Phi) is 9.83. The predicted molar refractivity (Wildman–Crippen MR) is 169 cm³/mol. The molecule has 4 aromatic carbocycles. The number of nitrogens with one attached hydrogen (secondary N) is 1. The van der Waals surface area contributed by atoms with E-state index in [0.29, 0.717) is 23.2 Å². The van der Waals surface area contributed by atoms with Crippen LogP contribution in [0.1, 0.15) is 59.2 Å². The highest BCUT2D eigenvalue weighted by Crippen LogP contribution is 2.35. The Hall–Kier alpha value is -4.39. The lowest BCUT2D eigenvalue weighted by atomic mass is 9.79. The molecule has 0 bridgehead atoms. The van der Waals surface area contributed by atoms with Gasteiger partial charge in [-0.2, -0.15) is 13.2 Å². The van der Waals surface area contributed by atoms with E-state index < -0.39 is 11.7 Å². The summed E-state index contributed by atoms with van der Waals surface area (Å²) in [5.41, 5.74) is 3.95. The summed E-state index contributed by atoms with van der Waals surface area (Å²) in [7, 11) is 0. The molecule has 1 unspecified atom stereocenters. The van der Waals surface area contributed by atoms with Crippen molar-refractivity contribution in [1.29, 1.82) is 0 Å². The maximum absolute atomic E-state index is 13.3. The van der Waals surface area contributed by atoms with Crippen molar-refractivity contribution in [2.45, 2.75) is 44.7 Å². The Morgan fingerprint density at radius 2 is 1.48 bits per heavy atom. The molecular weight excluding hydrogens is 561 g/mol. The zero-order chi connectivity index (χ0) is 31.1. The minimum Gasteiger partial charge on any atom is -0.372 e. The quantitative estimate of drug-likeness (QED) is 0.187. The van der Waals surface area contributed by atoms with E-state index in [1.165, 1.54) is 12.1 Å². The first-order valence-electron chi connectivity index (χ1n) is 15.2. The molecule has 228 valence electrons. The first-order valence-corrected chi connectivity index (χ1v) is 15.2. The molecule has 4 nitrogen and oxygen atoms in total. The topological polar surface area (TPSA) is 49.4 Å². The first kappa shape index (κ1) is 31.0. The van der Waals surface area contributed by atoms with E-state index in [0.717, 1.165) is 61.3 Å². The number of nitrogens with zero attached hydrogens (tertiary/aromatic N) is 1. The van der Waals surface area contributed by atoms with Crippen molar-refractivity contribution in [1.82, 2.24) is 5.32 Å². The van der Waals surface area contributed by atoms with E-state index in [1.807, 2.05) is 54.6 Å². The number of benzene rings is 4. The first-order chi connectivity index (χ1) is 21.2. The van der Waals surface area contributed by atoms with Crippen molar-refractivity contribution in [3.8, 4) is 11.1 Å². The van der Waals surface area contributed by atoms with Crippen molar-refractivity contribution in [3.63, 3.8) is 0 Å². The van der Waals surface area contributed by atoms with E-state index in [-0.39, 0.29) is 29.9 Å². The summed E-state index contributed by atoms with van der Waals surface area (Å²) < 4.78 is 39.1. The highest BCUT2D eigenvalue weighted by atomic mass is 19.4. The van der Waals surface area contributed by atoms with Gasteiger partial charge in [0.15, 0.2) is 5.78 Å². The number of Topliss-reactive ketones (excluding diaryl/α,β-unsaturated/α-hetero) is 1. The van der Waals surface area contributed by atoms with E-state index in [4.69, 9.17) is 0 Å². The van der Waals surface area contributed by atoms with Crippen LogP contribution >= 0.6 is 0 Å². The average Bonchev–Trinajstić information content (AvgIpc) is 3.05. The molecule has 0 aliphatic carbocycles. The van der Waals surface area contributed by atoms with Gasteiger partial charge in [-0.25, -0.2) is 0 Å². The molecule has 1 fully saturated rings. The zero-order valence-electron chi connectivity index (χ0n) is 24.8. The van der Waals surface area contributed by atoms with Gasteiger partial charge in [-0.3, -0.25) is 9.59 Å². The second kappa shape index (κ2) is 13.9. The number of ketones is 1. The molecule has 5 rings (SSSR count). The Morgan fingerprint density at radius 3 is 2.11 bits per heavy atom. The Bertz CT molecular complexity index is 1540. The fourth-order valence-electron chi connectivity index (χ4n) is 6.07. The Morgan fingerprint density at radius 1 is 0.841 bits per heavy atom. The van der Waals surface area contributed by atoms with Crippen LogP contribution < -0.4 is 10.2 Å². The summed E-state index contributed by atoms with van der Waals surface area (Å²) >= 11 is 0. The SMILES string of the molecule is CCCNC(=O)C(c1ccccc1)C1CCN(c2ccc(CC(=O)c3ccccc3-c3ccc(C(F)(F)F)cc3)cc2)CC1. The van der Waals surface area contributed by atoms with Crippen LogP contribution in [0.5, 0.6) is 0 Å². The third-order valence-electron chi connectivity index (χ3n) is 8.42. The van der Waals surface area contributed by atoms with Crippen molar-refractivity contribution in [2.75, 3.05) is 24.5 Å². The third-order valence-corrected chi connectivity index (χ3v) is 8.42. The number of carbonyl (C=O) groups is 2. The number of hydrogen-bond acceptors (Lipinski definition) is 3. The van der Waals surface area contributed by atoms with Crippen LogP contribution in [0.2, 0.25) is 0 Å². The molecule has 0 spiro atoms. The van der Waals surface area contributed by atoms with Gasteiger partial charge in [0.25, 0.3) is 0 Å². The summed E-state index contributed by atoms with van der Waals surface area (Å²) in [5, 5.41) is 3.10. The second-order valence-electron chi connectivity index (χ2n) is 11.4. The molecule has 0 aromatic heterocycles. The van der Waals surface area contributed by atoms with Crippen LogP contribution in [0, 0.1) is 5.92 Å². The maximum Gasteiger partial charge on any atom is 0.416 e. The number of carbonyl (C=O) groups excluding carboxylic acids is 2. The largest absolute Gasteiger partial charge is 0.416 e. The van der Waals surface area contributed by atoms with Crippen LogP contribution in [-0.2, 0) is 17.4 Å². The number of anilines is 1. The number of amides is 1. The van der Waals surface area contributed by atoms with Gasteiger partial charge >= 0.3 is 6.18 Å². The van der Waals surface area contributed by atoms with Gasteiger partial charge < -0.3 is 10.2 Å². The van der Waals surface area contributed by atoms with Crippen molar-refractivity contribution in [2.24, 2.45) is 5.92 Å². The lowest BCUT2D eigenvalue weighted by molar-refractivity contribution is -0.137. The van der Waals surface area contributed by atoms with Crippen LogP contribution in [0.25, 0.3) is 11.1 Å². The van der Waals surface area contributed by atoms with Gasteiger partial charge in [-0.05, 0) is 71.7 Å². The number of hydrogen-bond donors (Lipinski definition) is 1. The smallest absolute Gasteiger partial charge is 0.372 e. The standard InChI is InChI=1S/C37H37F3N2O2/c1-2-22-41-36(44)35(28-8-4-3-5-9-28)29-20-23-42(24-21-29)31-18-12-26(13-19-31)25-34(43)33-11-7-6-10-32(33)27-14-16-30(17-15-27)37(38,39)40/h3-19,29,35H,2,20-25H2,1H3,(H,41,44). The molecule has 0 saturated carbocycles. The Labute approximate surface area is 256 Å². The number of rotatable bonds is 10. The number of piperidine rings is 1. The molecule has 1 N–H and O–H groups in total. The average molecular weight is 599 g/mol. The molecular formula is C37H37F3N2O2. The molecule has 4 aromatic rings. The zero-order valence-corrected chi connectivity index (χ0v) is 24.8. The molecule has 1 aliphatic rings. The van der Waals surface area contributed by atoms with Crippen molar-refractivity contribution < 1.29 is 22.8 Å². The van der Waals surface area contributed by atoms with Gasteiger partial charge in [0.1, 0.15) is 0 Å². The highest BCUT2D eigenvalue weighted by molar-refractivity contribution is 6.03. The van der Waals surface area contributed by atoms with Crippen LogP contribution in [0.15, 0.2) is 103 Å². The van der Waals surface area contributed by atoms with Crippen LogP contribution in [0.3, 0.4) is 0 Å². The van der Waals surface area contributed by atoms with Crippen LogP contribution in [-0.4, -0.2) is 31.3 Å². The number of halogens is 3. The molecule has 1 heterocycles. The van der Waals surface area contributed by atoms with E-state index in [9.17, 15) is 22.8 Å². The fraction of sp³-hybridized carbons (Fsp3) is 0.297. The van der Waals surface area contributed by atoms with E-state index in [1.54, 1.807) is 24.3 Å². The summed E-state index contributed by atoms with van der Waals surface area (Å²) in [5.74, 6) is 0.101.